The molecule has 0 spiro atoms. The van der Waals surface area contributed by atoms with Gasteiger partial charge in [-0.15, -0.1) is 6.58 Å². The van der Waals surface area contributed by atoms with Gasteiger partial charge in [0.15, 0.2) is 0 Å². The Morgan fingerprint density at radius 1 is 0.955 bits per heavy atom. The van der Waals surface area contributed by atoms with Crippen LogP contribution in [0.5, 0.6) is 11.5 Å². The summed E-state index contributed by atoms with van der Waals surface area (Å²) >= 11 is 0. The number of hydrogen-bond acceptors (Lipinski definition) is 12. The van der Waals surface area contributed by atoms with Crippen LogP contribution in [0.1, 0.15) is 86.8 Å². The van der Waals surface area contributed by atoms with E-state index in [1.165, 1.54) is 12.1 Å². The minimum Gasteiger partial charge on any atom is -0.492 e. The number of amides is 1. The Balaban J connectivity index is 1.25. The SMILES string of the molecule is C=CCOC12Oc3ccc(OCCN4CC4)cc3C3C(CCCCO)C(CCCCO)C=C(C(=NOC4CCCCO4)CC1N(Cc1ccc(F)cc1)C(=O)OCCOCc1ccccc1)C32. The van der Waals surface area contributed by atoms with Crippen molar-refractivity contribution in [2.24, 2.45) is 22.9 Å². The second-order valence-corrected chi connectivity index (χ2v) is 18.3. The van der Waals surface area contributed by atoms with E-state index in [4.69, 9.17) is 38.4 Å². The van der Waals surface area contributed by atoms with Crippen molar-refractivity contribution >= 4 is 11.8 Å². The lowest BCUT2D eigenvalue weighted by atomic mass is 9.55. The molecule has 3 fully saturated rings. The highest BCUT2D eigenvalue weighted by Gasteiger charge is 2.65. The van der Waals surface area contributed by atoms with E-state index in [9.17, 15) is 19.4 Å². The summed E-state index contributed by atoms with van der Waals surface area (Å²) in [6.07, 6.45) is 10.1. The van der Waals surface area contributed by atoms with Gasteiger partial charge in [-0.3, -0.25) is 9.80 Å². The molecular formula is C53H68FN3O10. The molecule has 1 saturated carbocycles. The highest BCUT2D eigenvalue weighted by atomic mass is 19.1. The molecule has 13 nitrogen and oxygen atoms in total. The molecule has 14 heteroatoms. The standard InChI is InChI=1S/C53H68FN3O10/c1-2-28-65-53-48(57(36-38-17-19-41(54)20-18-38)52(60)64-32-31-61-37-39-12-4-3-5-13-39)35-46(55-67-49-16-8-11-29-63-49)44-33-40(14-6-9-26-58)43(15-7-10-27-59)50(51(44)53)45-34-42(21-22-47(45)66-53)62-30-25-56-23-24-56/h2-5,12-13,17-22,33-34,40,43,48-51,58-59H,1,6-11,14-16,23-32,35-37H2. The maximum atomic E-state index is 14.9. The second kappa shape index (κ2) is 23.9. The summed E-state index contributed by atoms with van der Waals surface area (Å²) in [6.45, 7) is 8.99. The zero-order valence-corrected chi connectivity index (χ0v) is 38.7. The number of hydrogen-bond donors (Lipinski definition) is 2. The lowest BCUT2D eigenvalue weighted by Crippen LogP contribution is -2.70. The van der Waals surface area contributed by atoms with Crippen molar-refractivity contribution in [1.82, 2.24) is 9.80 Å². The summed E-state index contributed by atoms with van der Waals surface area (Å²) in [5.41, 5.74) is 4.21. The lowest BCUT2D eigenvalue weighted by Gasteiger charge is -2.60. The number of unbranched alkanes of at least 4 members (excludes halogenated alkanes) is 2. The first-order valence-corrected chi connectivity index (χ1v) is 24.4. The molecular weight excluding hydrogens is 858 g/mol. The number of aliphatic hydroxyl groups is 2. The molecule has 2 saturated heterocycles. The first-order valence-electron chi connectivity index (χ1n) is 24.4. The molecule has 3 aromatic rings. The molecule has 1 amide bonds. The summed E-state index contributed by atoms with van der Waals surface area (Å²) < 4.78 is 53.5. The number of oxime groups is 1. The van der Waals surface area contributed by atoms with Crippen LogP contribution in [0.3, 0.4) is 0 Å². The van der Waals surface area contributed by atoms with E-state index in [2.05, 4.69) is 23.6 Å². The molecule has 3 aromatic carbocycles. The number of aliphatic hydroxyl groups excluding tert-OH is 2. The fraction of sp³-hybridized carbons (Fsp3) is 0.547. The van der Waals surface area contributed by atoms with Gasteiger partial charge in [-0.25, -0.2) is 9.18 Å². The van der Waals surface area contributed by atoms with E-state index in [0.29, 0.717) is 56.1 Å². The Hall–Kier alpha value is -4.83. The van der Waals surface area contributed by atoms with Crippen molar-refractivity contribution in [2.45, 2.75) is 101 Å². The third-order valence-corrected chi connectivity index (χ3v) is 13.7. The van der Waals surface area contributed by atoms with Gasteiger partial charge >= 0.3 is 6.09 Å². The lowest BCUT2D eigenvalue weighted by molar-refractivity contribution is -0.256. The smallest absolute Gasteiger partial charge is 0.410 e. The summed E-state index contributed by atoms with van der Waals surface area (Å²) in [4.78, 5) is 25.2. The number of rotatable bonds is 25. The van der Waals surface area contributed by atoms with Gasteiger partial charge in [-0.1, -0.05) is 72.6 Å². The van der Waals surface area contributed by atoms with Crippen LogP contribution in [0, 0.1) is 23.6 Å². The van der Waals surface area contributed by atoms with Crippen molar-refractivity contribution in [1.29, 1.82) is 0 Å². The Bertz CT molecular complexity index is 2110. The first-order chi connectivity index (χ1) is 32.9. The normalized spacial score (nSPS) is 25.8. The maximum absolute atomic E-state index is 14.9. The molecule has 2 N–H and O–H groups in total. The zero-order chi connectivity index (χ0) is 46.4. The Kier molecular flexibility index (Phi) is 17.4. The minimum absolute atomic E-state index is 0.0220. The van der Waals surface area contributed by atoms with E-state index in [0.717, 1.165) is 80.6 Å². The van der Waals surface area contributed by atoms with Gasteiger partial charge in [0.05, 0.1) is 38.1 Å². The monoisotopic (exact) mass is 925 g/mol. The van der Waals surface area contributed by atoms with Gasteiger partial charge in [-0.05, 0) is 97.4 Å². The number of nitrogens with zero attached hydrogens (tertiary/aromatic N) is 3. The number of fused-ring (bicyclic) bond motifs is 2. The van der Waals surface area contributed by atoms with Crippen LogP contribution in [-0.4, -0.2) is 116 Å². The van der Waals surface area contributed by atoms with Crippen LogP contribution in [0.2, 0.25) is 0 Å². The Morgan fingerprint density at radius 3 is 2.51 bits per heavy atom. The topological polar surface area (TPSA) is 141 Å². The third kappa shape index (κ3) is 12.3. The van der Waals surface area contributed by atoms with Crippen molar-refractivity contribution in [2.75, 3.05) is 65.9 Å². The number of halogens is 1. The average molecular weight is 926 g/mol. The highest BCUT2D eigenvalue weighted by Crippen LogP contribution is 2.62. The molecule has 5 aliphatic rings. The predicted molar refractivity (Wildman–Crippen MR) is 251 cm³/mol. The molecule has 362 valence electrons. The van der Waals surface area contributed by atoms with Crippen LogP contribution in [0.15, 0.2) is 102 Å². The molecule has 7 atom stereocenters. The van der Waals surface area contributed by atoms with Gasteiger partial charge in [0.1, 0.15) is 36.6 Å². The van der Waals surface area contributed by atoms with Gasteiger partial charge in [0.25, 0.3) is 0 Å². The van der Waals surface area contributed by atoms with Crippen molar-refractivity contribution in [3.05, 3.63) is 120 Å². The molecule has 7 unspecified atom stereocenters. The summed E-state index contributed by atoms with van der Waals surface area (Å²) in [7, 11) is 0. The second-order valence-electron chi connectivity index (χ2n) is 18.3. The predicted octanol–water partition coefficient (Wildman–Crippen LogP) is 8.54. The fourth-order valence-corrected chi connectivity index (χ4v) is 10.4. The first kappa shape index (κ1) is 48.6. The number of benzene rings is 3. The number of carbonyl (C=O) groups is 1. The minimum atomic E-state index is -1.52. The molecule has 8 rings (SSSR count). The molecule has 67 heavy (non-hydrogen) atoms. The molecule has 3 heterocycles. The maximum Gasteiger partial charge on any atom is 0.410 e. The van der Waals surface area contributed by atoms with E-state index in [1.54, 1.807) is 23.1 Å². The van der Waals surface area contributed by atoms with E-state index < -0.39 is 35.9 Å². The highest BCUT2D eigenvalue weighted by molar-refractivity contribution is 6.03. The van der Waals surface area contributed by atoms with Crippen molar-refractivity contribution in [3.63, 3.8) is 0 Å². The number of allylic oxidation sites excluding steroid dienone is 1. The largest absolute Gasteiger partial charge is 0.492 e. The zero-order valence-electron chi connectivity index (χ0n) is 38.7. The van der Waals surface area contributed by atoms with Gasteiger partial charge in [0.2, 0.25) is 12.1 Å². The average Bonchev–Trinajstić information content (AvgIpc) is 4.19. The van der Waals surface area contributed by atoms with Crippen LogP contribution in [-0.2, 0) is 36.9 Å². The number of carbonyl (C=O) groups excluding carboxylic acids is 1. The van der Waals surface area contributed by atoms with Gasteiger partial charge < -0.3 is 43.5 Å². The Morgan fingerprint density at radius 2 is 1.76 bits per heavy atom. The van der Waals surface area contributed by atoms with Crippen molar-refractivity contribution in [3.8, 4) is 11.5 Å². The molecule has 0 bridgehead atoms. The van der Waals surface area contributed by atoms with E-state index in [1.807, 2.05) is 42.5 Å². The number of ether oxygens (including phenoxy) is 6. The third-order valence-electron chi connectivity index (χ3n) is 13.7. The summed E-state index contributed by atoms with van der Waals surface area (Å²) in [5.74, 6) is -1.25. The van der Waals surface area contributed by atoms with E-state index >= 15 is 0 Å². The molecule has 2 aliphatic carbocycles. The summed E-state index contributed by atoms with van der Waals surface area (Å²) in [5, 5.41) is 25.0. The molecule has 0 aromatic heterocycles. The van der Waals surface area contributed by atoms with Crippen LogP contribution < -0.4 is 9.47 Å². The van der Waals surface area contributed by atoms with E-state index in [-0.39, 0.29) is 63.8 Å². The molecule has 3 aliphatic heterocycles. The summed E-state index contributed by atoms with van der Waals surface area (Å²) in [6, 6.07) is 21.0. The Labute approximate surface area is 394 Å². The fourth-order valence-electron chi connectivity index (χ4n) is 10.4. The van der Waals surface area contributed by atoms with Gasteiger partial charge in [0, 0.05) is 63.7 Å². The van der Waals surface area contributed by atoms with Crippen molar-refractivity contribution < 1.29 is 52.7 Å². The molecule has 0 radical (unpaired) electrons. The van der Waals surface area contributed by atoms with Gasteiger partial charge in [-0.2, -0.15) is 0 Å². The quantitative estimate of drug-likeness (QED) is 0.0366. The van der Waals surface area contributed by atoms with Crippen LogP contribution >= 0.6 is 0 Å². The van der Waals surface area contributed by atoms with Crippen LogP contribution in [0.4, 0.5) is 9.18 Å². The van der Waals surface area contributed by atoms with Crippen LogP contribution in [0.25, 0.3) is 0 Å².